The molecule has 1 heterocycles. The molecule has 46 heavy (non-hydrogen) atoms. The van der Waals surface area contributed by atoms with Crippen molar-refractivity contribution >= 4 is 11.5 Å². The lowest BCUT2D eigenvalue weighted by Gasteiger charge is -2.32. The topological polar surface area (TPSA) is 65.5 Å². The maximum absolute atomic E-state index is 14.7. The summed E-state index contributed by atoms with van der Waals surface area (Å²) in [5.41, 5.74) is 5.14. The Bertz CT molecular complexity index is 1490. The summed E-state index contributed by atoms with van der Waals surface area (Å²) >= 11 is 0. The van der Waals surface area contributed by atoms with Crippen LogP contribution in [0.1, 0.15) is 103 Å². The molecule has 2 aliphatic carbocycles. The number of nitrogens with zero attached hydrogens (tertiary/aromatic N) is 2. The molecular weight excluding hydrogens is 587 g/mol. The molecule has 2 N–H and O–H groups in total. The van der Waals surface area contributed by atoms with Crippen LogP contribution in [0.5, 0.6) is 0 Å². The molecule has 1 amide bonds. The van der Waals surface area contributed by atoms with Gasteiger partial charge in [-0.3, -0.25) is 9.78 Å². The number of aromatic nitrogens is 1. The SMILES string of the molecule is Cc1cc(C(F)(F)CF)c(C2=C(N(C)Cc3ccc(C(C(=O)N[C@@H](CO)c4ccccc4)C4CCCCC4)cc3)CCCC2)cn1. The lowest BCUT2D eigenvalue weighted by Crippen LogP contribution is -2.38. The van der Waals surface area contributed by atoms with Gasteiger partial charge in [-0.15, -0.1) is 0 Å². The van der Waals surface area contributed by atoms with E-state index >= 15 is 0 Å². The zero-order valence-electron chi connectivity index (χ0n) is 27.0. The highest BCUT2D eigenvalue weighted by atomic mass is 19.3. The molecule has 5 nitrogen and oxygen atoms in total. The predicted octanol–water partition coefficient (Wildman–Crippen LogP) is 8.38. The standard InChI is InChI=1S/C38H46F3N3O2/c1-26-21-33(38(40,41)25-39)32(22-42-26)31-15-9-10-16-35(31)44(2)23-27-17-19-30(20-18-27)36(29-13-7-4-8-14-29)37(46)43-34(24-45)28-11-5-3-6-12-28/h3,5-6,11-12,17-22,29,34,36,45H,4,7-10,13-16,23-25H2,1-2H3,(H,43,46)/t34-,36?/m0/s1. The number of hydrogen-bond donors (Lipinski definition) is 2. The number of aryl methyl sites for hydroxylation is 1. The summed E-state index contributed by atoms with van der Waals surface area (Å²) in [7, 11) is 1.97. The van der Waals surface area contributed by atoms with E-state index in [4.69, 9.17) is 0 Å². The van der Waals surface area contributed by atoms with Crippen LogP contribution in [0.25, 0.3) is 5.57 Å². The lowest BCUT2D eigenvalue weighted by molar-refractivity contribution is -0.125. The largest absolute Gasteiger partial charge is 0.394 e. The van der Waals surface area contributed by atoms with Crippen molar-refractivity contribution in [2.24, 2.45) is 5.92 Å². The number of aliphatic hydroxyl groups is 1. The summed E-state index contributed by atoms with van der Waals surface area (Å²) in [6.07, 6.45) is 10.1. The molecular formula is C38H46F3N3O2. The van der Waals surface area contributed by atoms with Gasteiger partial charge in [0.25, 0.3) is 0 Å². The van der Waals surface area contributed by atoms with Crippen LogP contribution < -0.4 is 5.32 Å². The van der Waals surface area contributed by atoms with E-state index in [1.807, 2.05) is 49.5 Å². The first kappa shape index (κ1) is 33.7. The Balaban J connectivity index is 1.38. The third kappa shape index (κ3) is 7.83. The number of alkyl halides is 3. The number of carbonyl (C=O) groups excluding carboxylic acids is 1. The molecule has 5 rings (SSSR count). The molecule has 246 valence electrons. The molecule has 2 aliphatic rings. The number of aliphatic hydroxyl groups excluding tert-OH is 1. The fraction of sp³-hybridized carbons (Fsp3) is 0.474. The van der Waals surface area contributed by atoms with Crippen LogP contribution in [-0.2, 0) is 17.3 Å². The van der Waals surface area contributed by atoms with Crippen molar-refractivity contribution in [3.8, 4) is 0 Å². The van der Waals surface area contributed by atoms with E-state index in [1.165, 1.54) is 18.7 Å². The summed E-state index contributed by atoms with van der Waals surface area (Å²) in [6.45, 7) is 0.279. The minimum absolute atomic E-state index is 0.0655. The molecule has 1 fully saturated rings. The van der Waals surface area contributed by atoms with E-state index in [2.05, 4.69) is 27.3 Å². The Hall–Kier alpha value is -3.65. The van der Waals surface area contributed by atoms with Crippen LogP contribution in [0, 0.1) is 12.8 Å². The summed E-state index contributed by atoms with van der Waals surface area (Å²) in [4.78, 5) is 20.3. The van der Waals surface area contributed by atoms with Gasteiger partial charge in [0.15, 0.2) is 6.67 Å². The van der Waals surface area contributed by atoms with Crippen molar-refractivity contribution in [1.82, 2.24) is 15.2 Å². The van der Waals surface area contributed by atoms with Gasteiger partial charge < -0.3 is 15.3 Å². The van der Waals surface area contributed by atoms with Crippen molar-refractivity contribution < 1.29 is 23.1 Å². The molecule has 0 radical (unpaired) electrons. The summed E-state index contributed by atoms with van der Waals surface area (Å²) in [6, 6.07) is 18.6. The van der Waals surface area contributed by atoms with Gasteiger partial charge in [-0.2, -0.15) is 8.78 Å². The first-order chi connectivity index (χ1) is 22.2. The molecule has 0 aliphatic heterocycles. The van der Waals surface area contributed by atoms with Gasteiger partial charge in [-0.25, -0.2) is 4.39 Å². The summed E-state index contributed by atoms with van der Waals surface area (Å²) in [5.74, 6) is -3.73. The van der Waals surface area contributed by atoms with Gasteiger partial charge in [0, 0.05) is 42.3 Å². The predicted molar refractivity (Wildman–Crippen MR) is 176 cm³/mol. The Morgan fingerprint density at radius 2 is 1.70 bits per heavy atom. The molecule has 3 aromatic rings. The highest BCUT2D eigenvalue weighted by molar-refractivity contribution is 5.84. The maximum Gasteiger partial charge on any atom is 0.301 e. The van der Waals surface area contributed by atoms with Gasteiger partial charge in [-0.05, 0) is 79.7 Å². The van der Waals surface area contributed by atoms with Crippen LogP contribution in [-0.4, -0.2) is 41.2 Å². The minimum Gasteiger partial charge on any atom is -0.394 e. The molecule has 0 bridgehead atoms. The number of halogens is 3. The van der Waals surface area contributed by atoms with E-state index in [0.717, 1.165) is 72.9 Å². The normalized spacial score (nSPS) is 17.4. The number of carbonyl (C=O) groups is 1. The molecule has 2 atom stereocenters. The second kappa shape index (κ2) is 15.3. The van der Waals surface area contributed by atoms with Gasteiger partial charge >= 0.3 is 5.92 Å². The number of benzene rings is 2. The second-order valence-corrected chi connectivity index (χ2v) is 13.0. The van der Waals surface area contributed by atoms with Crippen LogP contribution in [0.3, 0.4) is 0 Å². The fourth-order valence-electron chi connectivity index (χ4n) is 7.26. The average Bonchev–Trinajstić information content (AvgIpc) is 3.09. The van der Waals surface area contributed by atoms with E-state index in [1.54, 1.807) is 6.92 Å². The minimum atomic E-state index is -3.58. The van der Waals surface area contributed by atoms with Gasteiger partial charge in [0.1, 0.15) is 0 Å². The average molecular weight is 634 g/mol. The van der Waals surface area contributed by atoms with E-state index in [9.17, 15) is 23.1 Å². The molecule has 1 unspecified atom stereocenters. The van der Waals surface area contributed by atoms with Crippen LogP contribution >= 0.6 is 0 Å². The van der Waals surface area contributed by atoms with Crippen molar-refractivity contribution in [2.75, 3.05) is 20.3 Å². The Morgan fingerprint density at radius 1 is 1.00 bits per heavy atom. The van der Waals surface area contributed by atoms with E-state index < -0.39 is 18.6 Å². The monoisotopic (exact) mass is 633 g/mol. The van der Waals surface area contributed by atoms with Crippen LogP contribution in [0.4, 0.5) is 13.2 Å². The lowest BCUT2D eigenvalue weighted by atomic mass is 9.76. The number of nitrogens with one attached hydrogen (secondary N) is 1. The zero-order valence-corrected chi connectivity index (χ0v) is 27.0. The third-order valence-corrected chi connectivity index (χ3v) is 9.69. The molecule has 8 heteroatoms. The molecule has 2 aromatic carbocycles. The number of allylic oxidation sites excluding steroid dienone is 2. The fourth-order valence-corrected chi connectivity index (χ4v) is 7.26. The maximum atomic E-state index is 14.7. The van der Waals surface area contributed by atoms with Gasteiger partial charge in [0.2, 0.25) is 5.91 Å². The van der Waals surface area contributed by atoms with Crippen LogP contribution in [0.15, 0.2) is 72.6 Å². The summed E-state index contributed by atoms with van der Waals surface area (Å²) < 4.78 is 43.0. The molecule has 1 aromatic heterocycles. The van der Waals surface area contributed by atoms with Crippen molar-refractivity contribution in [1.29, 1.82) is 0 Å². The zero-order chi connectivity index (χ0) is 32.7. The van der Waals surface area contributed by atoms with Gasteiger partial charge in [-0.1, -0.05) is 73.9 Å². The molecule has 0 spiro atoms. The quantitative estimate of drug-likeness (QED) is 0.210. The highest BCUT2D eigenvalue weighted by Crippen LogP contribution is 2.41. The van der Waals surface area contributed by atoms with E-state index in [-0.39, 0.29) is 29.9 Å². The first-order valence-corrected chi connectivity index (χ1v) is 16.6. The van der Waals surface area contributed by atoms with Crippen molar-refractivity contribution in [3.63, 3.8) is 0 Å². The van der Waals surface area contributed by atoms with Crippen LogP contribution in [0.2, 0.25) is 0 Å². The Labute approximate surface area is 270 Å². The summed E-state index contributed by atoms with van der Waals surface area (Å²) in [5, 5.41) is 13.2. The van der Waals surface area contributed by atoms with Gasteiger partial charge in [0.05, 0.1) is 18.6 Å². The number of pyridine rings is 1. The first-order valence-electron chi connectivity index (χ1n) is 16.6. The van der Waals surface area contributed by atoms with Crippen molar-refractivity contribution in [3.05, 3.63) is 106 Å². The Kier molecular flexibility index (Phi) is 11.2. The number of hydrogen-bond acceptors (Lipinski definition) is 4. The third-order valence-electron chi connectivity index (χ3n) is 9.69. The molecule has 1 saturated carbocycles. The second-order valence-electron chi connectivity index (χ2n) is 13.0. The smallest absolute Gasteiger partial charge is 0.301 e. The number of rotatable bonds is 12. The van der Waals surface area contributed by atoms with Crippen molar-refractivity contribution in [2.45, 2.75) is 89.1 Å². The number of amides is 1. The highest BCUT2D eigenvalue weighted by Gasteiger charge is 2.36. The Morgan fingerprint density at radius 3 is 2.37 bits per heavy atom. The van der Waals surface area contributed by atoms with E-state index in [0.29, 0.717) is 24.2 Å². The molecule has 0 saturated heterocycles.